The minimum Gasteiger partial charge on any atom is -0.396 e. The number of hydrogen-bond donors (Lipinski definition) is 2. The molecule has 3 atom stereocenters. The number of morpholine rings is 1. The predicted octanol–water partition coefficient (Wildman–Crippen LogP) is 4.51. The van der Waals surface area contributed by atoms with Crippen LogP contribution in [0.25, 0.3) is 0 Å². The average Bonchev–Trinajstić information content (AvgIpc) is 2.81. The second-order valence-corrected chi connectivity index (χ2v) is 8.29. The molecule has 1 heterocycles. The maximum Gasteiger partial charge on any atom is 0.185 e. The van der Waals surface area contributed by atoms with Gasteiger partial charge in [-0.1, -0.05) is 91.0 Å². The zero-order valence-corrected chi connectivity index (χ0v) is 17.8. The van der Waals surface area contributed by atoms with Crippen molar-refractivity contribution in [3.63, 3.8) is 0 Å². The Morgan fingerprint density at radius 2 is 1.52 bits per heavy atom. The number of aliphatic hydroxyl groups excluding tert-OH is 1. The first kappa shape index (κ1) is 21.7. The SMILES string of the molecule is OCC(CCC1(O)OCCN(Cc2ccccc2)C1c1ccccc1)c1ccccc1. The van der Waals surface area contributed by atoms with Gasteiger partial charge in [0, 0.05) is 32.0 Å². The van der Waals surface area contributed by atoms with Crippen molar-refractivity contribution in [2.45, 2.75) is 37.1 Å². The molecule has 0 spiro atoms. The Kier molecular flexibility index (Phi) is 7.15. The summed E-state index contributed by atoms with van der Waals surface area (Å²) in [5.74, 6) is -1.36. The second-order valence-electron chi connectivity index (χ2n) is 8.29. The summed E-state index contributed by atoms with van der Waals surface area (Å²) in [5, 5.41) is 21.8. The zero-order chi connectivity index (χ0) is 21.5. The number of ether oxygens (including phenoxy) is 1. The molecule has 31 heavy (non-hydrogen) atoms. The molecule has 4 rings (SSSR count). The van der Waals surface area contributed by atoms with E-state index in [4.69, 9.17) is 4.74 Å². The smallest absolute Gasteiger partial charge is 0.185 e. The molecule has 1 fully saturated rings. The Hall–Kier alpha value is -2.50. The topological polar surface area (TPSA) is 52.9 Å². The fourth-order valence-corrected chi connectivity index (χ4v) is 4.61. The highest BCUT2D eigenvalue weighted by Gasteiger charge is 2.45. The summed E-state index contributed by atoms with van der Waals surface area (Å²) in [4.78, 5) is 2.31. The summed E-state index contributed by atoms with van der Waals surface area (Å²) in [6.45, 7) is 2.01. The molecule has 0 aliphatic carbocycles. The lowest BCUT2D eigenvalue weighted by Gasteiger charge is -2.47. The van der Waals surface area contributed by atoms with Gasteiger partial charge >= 0.3 is 0 Å². The number of nitrogens with zero attached hydrogens (tertiary/aromatic N) is 1. The Balaban J connectivity index is 1.58. The van der Waals surface area contributed by atoms with Crippen LogP contribution in [0.15, 0.2) is 91.0 Å². The van der Waals surface area contributed by atoms with Crippen LogP contribution in [0.3, 0.4) is 0 Å². The van der Waals surface area contributed by atoms with Crippen molar-refractivity contribution in [3.8, 4) is 0 Å². The van der Waals surface area contributed by atoms with Crippen molar-refractivity contribution in [2.24, 2.45) is 0 Å². The van der Waals surface area contributed by atoms with E-state index in [0.717, 1.165) is 24.2 Å². The van der Waals surface area contributed by atoms with Gasteiger partial charge in [0.1, 0.15) is 0 Å². The maximum atomic E-state index is 11.8. The third kappa shape index (κ3) is 5.23. The first-order valence-electron chi connectivity index (χ1n) is 11.0. The summed E-state index contributed by atoms with van der Waals surface area (Å²) in [6.07, 6.45) is 1.08. The summed E-state index contributed by atoms with van der Waals surface area (Å²) in [5.41, 5.74) is 3.34. The van der Waals surface area contributed by atoms with Gasteiger partial charge < -0.3 is 14.9 Å². The molecule has 3 aromatic carbocycles. The van der Waals surface area contributed by atoms with Crippen LogP contribution in [0, 0.1) is 0 Å². The summed E-state index contributed by atoms with van der Waals surface area (Å²) >= 11 is 0. The van der Waals surface area contributed by atoms with Gasteiger partial charge in [-0.15, -0.1) is 0 Å². The molecule has 4 nitrogen and oxygen atoms in total. The highest BCUT2D eigenvalue weighted by molar-refractivity contribution is 5.24. The zero-order valence-electron chi connectivity index (χ0n) is 17.8. The molecule has 3 aromatic rings. The van der Waals surface area contributed by atoms with Crippen molar-refractivity contribution < 1.29 is 14.9 Å². The molecular formula is C27H31NO3. The normalized spacial score (nSPS) is 22.8. The van der Waals surface area contributed by atoms with E-state index in [0.29, 0.717) is 19.4 Å². The fourth-order valence-electron chi connectivity index (χ4n) is 4.61. The summed E-state index contributed by atoms with van der Waals surface area (Å²) in [6, 6.07) is 30.2. The van der Waals surface area contributed by atoms with Crippen LogP contribution in [0.5, 0.6) is 0 Å². The molecule has 1 saturated heterocycles. The maximum absolute atomic E-state index is 11.8. The molecule has 162 valence electrons. The van der Waals surface area contributed by atoms with Crippen molar-refractivity contribution in [3.05, 3.63) is 108 Å². The molecule has 3 unspecified atom stereocenters. The van der Waals surface area contributed by atoms with Crippen LogP contribution < -0.4 is 0 Å². The summed E-state index contributed by atoms with van der Waals surface area (Å²) < 4.78 is 6.06. The number of benzene rings is 3. The molecule has 0 bridgehead atoms. The van der Waals surface area contributed by atoms with Crippen LogP contribution in [0.4, 0.5) is 0 Å². The third-order valence-corrected chi connectivity index (χ3v) is 6.21. The number of hydrogen-bond acceptors (Lipinski definition) is 4. The largest absolute Gasteiger partial charge is 0.396 e. The number of aliphatic hydroxyl groups is 2. The number of rotatable bonds is 8. The van der Waals surface area contributed by atoms with E-state index in [1.54, 1.807) is 0 Å². The van der Waals surface area contributed by atoms with Crippen LogP contribution in [-0.2, 0) is 11.3 Å². The molecular weight excluding hydrogens is 386 g/mol. The van der Waals surface area contributed by atoms with E-state index in [2.05, 4.69) is 29.2 Å². The Morgan fingerprint density at radius 1 is 0.903 bits per heavy atom. The van der Waals surface area contributed by atoms with Gasteiger partial charge in [-0.05, 0) is 23.1 Å². The van der Waals surface area contributed by atoms with E-state index in [-0.39, 0.29) is 18.6 Å². The molecule has 0 saturated carbocycles. The molecule has 2 N–H and O–H groups in total. The lowest BCUT2D eigenvalue weighted by Crippen LogP contribution is -2.54. The third-order valence-electron chi connectivity index (χ3n) is 6.21. The van der Waals surface area contributed by atoms with Crippen LogP contribution >= 0.6 is 0 Å². The van der Waals surface area contributed by atoms with Gasteiger partial charge in [-0.25, -0.2) is 0 Å². The fraction of sp³-hybridized carbons (Fsp3) is 0.333. The minimum absolute atomic E-state index is 0.0326. The summed E-state index contributed by atoms with van der Waals surface area (Å²) in [7, 11) is 0. The molecule has 0 amide bonds. The van der Waals surface area contributed by atoms with E-state index >= 15 is 0 Å². The van der Waals surface area contributed by atoms with Crippen molar-refractivity contribution in [1.82, 2.24) is 4.90 Å². The molecule has 0 radical (unpaired) electrons. The van der Waals surface area contributed by atoms with Gasteiger partial charge in [0.2, 0.25) is 0 Å². The molecule has 1 aliphatic rings. The average molecular weight is 418 g/mol. The monoisotopic (exact) mass is 417 g/mol. The van der Waals surface area contributed by atoms with E-state index in [9.17, 15) is 10.2 Å². The molecule has 4 heteroatoms. The van der Waals surface area contributed by atoms with Gasteiger partial charge in [-0.3, -0.25) is 4.90 Å². The first-order valence-corrected chi connectivity index (χ1v) is 11.0. The standard InChI is InChI=1S/C27H31NO3/c29-21-25(23-12-6-2-7-13-23)16-17-27(30)26(24-14-8-3-9-15-24)28(18-19-31-27)20-22-10-4-1-5-11-22/h1-15,25-26,29-30H,16-21H2. The first-order chi connectivity index (χ1) is 15.2. The minimum atomic E-state index is -1.32. The van der Waals surface area contributed by atoms with Gasteiger partial charge in [0.15, 0.2) is 5.79 Å². The van der Waals surface area contributed by atoms with Crippen molar-refractivity contribution in [1.29, 1.82) is 0 Å². The highest BCUT2D eigenvalue weighted by atomic mass is 16.6. The quantitative estimate of drug-likeness (QED) is 0.566. The lowest BCUT2D eigenvalue weighted by molar-refractivity contribution is -0.277. The van der Waals surface area contributed by atoms with Crippen LogP contribution in [0.2, 0.25) is 0 Å². The Bertz CT molecular complexity index is 919. The van der Waals surface area contributed by atoms with Crippen LogP contribution in [0.1, 0.15) is 41.5 Å². The van der Waals surface area contributed by atoms with E-state index in [1.807, 2.05) is 66.7 Å². The van der Waals surface area contributed by atoms with Crippen LogP contribution in [-0.4, -0.2) is 40.7 Å². The highest BCUT2D eigenvalue weighted by Crippen LogP contribution is 2.41. The van der Waals surface area contributed by atoms with Crippen molar-refractivity contribution in [2.75, 3.05) is 19.8 Å². The molecule has 1 aliphatic heterocycles. The predicted molar refractivity (Wildman–Crippen MR) is 122 cm³/mol. The van der Waals surface area contributed by atoms with Gasteiger partial charge in [-0.2, -0.15) is 0 Å². The Morgan fingerprint density at radius 3 is 2.16 bits per heavy atom. The van der Waals surface area contributed by atoms with Gasteiger partial charge in [0.05, 0.1) is 12.6 Å². The van der Waals surface area contributed by atoms with Crippen molar-refractivity contribution >= 4 is 0 Å². The molecule has 0 aromatic heterocycles. The van der Waals surface area contributed by atoms with Gasteiger partial charge in [0.25, 0.3) is 0 Å². The Labute approximate surface area is 184 Å². The van der Waals surface area contributed by atoms with E-state index in [1.165, 1.54) is 5.56 Å². The second kappa shape index (κ2) is 10.2. The van der Waals surface area contributed by atoms with E-state index < -0.39 is 5.79 Å². The lowest BCUT2D eigenvalue weighted by atomic mass is 9.86.